The van der Waals surface area contributed by atoms with E-state index in [1.165, 1.54) is 12.8 Å². The molecule has 1 aromatic heterocycles. The number of nitrogens with one attached hydrogen (secondary N) is 1. The third-order valence-electron chi connectivity index (χ3n) is 3.13. The van der Waals surface area contributed by atoms with Crippen LogP contribution in [-0.4, -0.2) is 44.0 Å². The maximum absolute atomic E-state index is 12.1. The molecule has 5 nitrogen and oxygen atoms in total. The van der Waals surface area contributed by atoms with Crippen LogP contribution in [0.3, 0.4) is 0 Å². The highest BCUT2D eigenvalue weighted by Crippen LogP contribution is 2.27. The van der Waals surface area contributed by atoms with Crippen LogP contribution in [0.4, 0.5) is 0 Å². The van der Waals surface area contributed by atoms with Crippen LogP contribution in [0.1, 0.15) is 25.5 Å². The summed E-state index contributed by atoms with van der Waals surface area (Å²) in [7, 11) is -3.48. The summed E-state index contributed by atoms with van der Waals surface area (Å²) in [6.07, 6.45) is 2.45. The van der Waals surface area contributed by atoms with Crippen molar-refractivity contribution in [3.63, 3.8) is 0 Å². The van der Waals surface area contributed by atoms with Crippen LogP contribution in [0.5, 0.6) is 0 Å². The first kappa shape index (κ1) is 15.2. The van der Waals surface area contributed by atoms with Gasteiger partial charge in [0.25, 0.3) is 10.0 Å². The van der Waals surface area contributed by atoms with Crippen LogP contribution in [0.15, 0.2) is 4.21 Å². The van der Waals surface area contributed by atoms with Crippen LogP contribution in [-0.2, 0) is 10.0 Å². The Bertz CT molecular complexity index is 540. The van der Waals surface area contributed by atoms with Gasteiger partial charge in [-0.1, -0.05) is 29.9 Å². The molecule has 0 amide bonds. The van der Waals surface area contributed by atoms with Gasteiger partial charge in [0, 0.05) is 19.1 Å². The van der Waals surface area contributed by atoms with Crippen molar-refractivity contribution in [3.05, 3.63) is 10.2 Å². The zero-order chi connectivity index (χ0) is 14.0. The second-order valence-electron chi connectivity index (χ2n) is 4.60. The lowest BCUT2D eigenvalue weighted by molar-refractivity contribution is 0.282. The van der Waals surface area contributed by atoms with Gasteiger partial charge in [-0.3, -0.25) is 4.90 Å². The lowest BCUT2D eigenvalue weighted by Crippen LogP contribution is -2.36. The van der Waals surface area contributed by atoms with Crippen molar-refractivity contribution in [1.82, 2.24) is 14.6 Å². The Kier molecular flexibility index (Phi) is 4.84. The minimum atomic E-state index is -3.48. The van der Waals surface area contributed by atoms with Crippen molar-refractivity contribution < 1.29 is 8.42 Å². The van der Waals surface area contributed by atoms with Gasteiger partial charge in [0.05, 0.1) is 5.69 Å². The summed E-state index contributed by atoms with van der Waals surface area (Å²) in [5.41, 5.74) is 0.456. The third kappa shape index (κ3) is 3.88. The first-order valence-electron chi connectivity index (χ1n) is 6.30. The fraction of sp³-hybridized carbons (Fsp3) is 0.727. The predicted molar refractivity (Wildman–Crippen MR) is 77.3 cm³/mol. The molecule has 19 heavy (non-hydrogen) atoms. The number of halogens is 1. The van der Waals surface area contributed by atoms with E-state index in [1.54, 1.807) is 6.92 Å². The average molecular weight is 324 g/mol. The number of hydrogen-bond donors (Lipinski definition) is 1. The van der Waals surface area contributed by atoms with Crippen molar-refractivity contribution in [2.75, 3.05) is 19.6 Å². The molecule has 1 aliphatic rings. The van der Waals surface area contributed by atoms with Crippen molar-refractivity contribution in [2.45, 2.75) is 36.9 Å². The zero-order valence-electron chi connectivity index (χ0n) is 11.0. The van der Waals surface area contributed by atoms with Crippen LogP contribution >= 0.6 is 22.9 Å². The van der Waals surface area contributed by atoms with Crippen molar-refractivity contribution >= 4 is 33.0 Å². The fourth-order valence-corrected chi connectivity index (χ4v) is 4.83. The van der Waals surface area contributed by atoms with Gasteiger partial charge in [0.15, 0.2) is 8.68 Å². The molecule has 108 valence electrons. The van der Waals surface area contributed by atoms with E-state index in [2.05, 4.69) is 21.5 Å². The number of hydrogen-bond acceptors (Lipinski definition) is 5. The fourth-order valence-electron chi connectivity index (χ4n) is 2.03. The lowest BCUT2D eigenvalue weighted by atomic mass is 10.4. The normalized spacial score (nSPS) is 16.2. The molecule has 0 bridgehead atoms. The summed E-state index contributed by atoms with van der Waals surface area (Å²) in [6.45, 7) is 5.87. The lowest BCUT2D eigenvalue weighted by Gasteiger charge is -2.19. The zero-order valence-corrected chi connectivity index (χ0v) is 13.4. The summed E-state index contributed by atoms with van der Waals surface area (Å²) >= 11 is 6.73. The van der Waals surface area contributed by atoms with Gasteiger partial charge < -0.3 is 0 Å². The van der Waals surface area contributed by atoms with Gasteiger partial charge in [-0.15, -0.1) is 0 Å². The topological polar surface area (TPSA) is 62.3 Å². The van der Waals surface area contributed by atoms with Crippen molar-refractivity contribution in [2.24, 2.45) is 0 Å². The highest BCUT2D eigenvalue weighted by atomic mass is 35.5. The molecule has 1 saturated carbocycles. The first-order valence-corrected chi connectivity index (χ1v) is 8.98. The summed E-state index contributed by atoms with van der Waals surface area (Å²) < 4.78 is 27.3. The largest absolute Gasteiger partial charge is 0.299 e. The molecule has 2 rings (SSSR count). The van der Waals surface area contributed by atoms with Gasteiger partial charge in [-0.2, -0.15) is 0 Å². The van der Waals surface area contributed by atoms with E-state index < -0.39 is 10.0 Å². The molecular formula is C11H18ClN3O2S2. The van der Waals surface area contributed by atoms with E-state index in [4.69, 9.17) is 11.6 Å². The van der Waals surface area contributed by atoms with E-state index in [9.17, 15) is 8.42 Å². The molecule has 1 fully saturated rings. The van der Waals surface area contributed by atoms with E-state index in [0.29, 0.717) is 18.3 Å². The van der Waals surface area contributed by atoms with E-state index in [-0.39, 0.29) is 8.68 Å². The molecule has 0 saturated heterocycles. The maximum atomic E-state index is 12.1. The van der Waals surface area contributed by atoms with Crippen LogP contribution in [0, 0.1) is 6.92 Å². The summed E-state index contributed by atoms with van der Waals surface area (Å²) in [6, 6.07) is 0.647. The molecule has 0 atom stereocenters. The van der Waals surface area contributed by atoms with Gasteiger partial charge in [-0.05, 0) is 26.3 Å². The highest BCUT2D eigenvalue weighted by Gasteiger charge is 2.28. The molecule has 1 aliphatic carbocycles. The molecule has 0 aromatic carbocycles. The minimum Gasteiger partial charge on any atom is -0.299 e. The third-order valence-corrected chi connectivity index (χ3v) is 6.47. The molecule has 1 heterocycles. The minimum absolute atomic E-state index is 0.215. The van der Waals surface area contributed by atoms with E-state index >= 15 is 0 Å². The Morgan fingerprint density at radius 2 is 2.21 bits per heavy atom. The van der Waals surface area contributed by atoms with Gasteiger partial charge in [-0.25, -0.2) is 18.1 Å². The van der Waals surface area contributed by atoms with Gasteiger partial charge in [0.2, 0.25) is 0 Å². The molecule has 1 aromatic rings. The van der Waals surface area contributed by atoms with Crippen LogP contribution < -0.4 is 4.72 Å². The first-order chi connectivity index (χ1) is 8.94. The summed E-state index contributed by atoms with van der Waals surface area (Å²) in [5.74, 6) is 0. The van der Waals surface area contributed by atoms with E-state index in [1.807, 2.05) is 0 Å². The number of aryl methyl sites for hydroxylation is 1. The van der Waals surface area contributed by atoms with Crippen LogP contribution in [0.2, 0.25) is 4.47 Å². The van der Waals surface area contributed by atoms with Gasteiger partial charge >= 0.3 is 0 Å². The van der Waals surface area contributed by atoms with Gasteiger partial charge in [0.1, 0.15) is 0 Å². The summed E-state index contributed by atoms with van der Waals surface area (Å²) in [4.78, 5) is 6.23. The molecule has 0 unspecified atom stereocenters. The Hall–Kier alpha value is -0.210. The second-order valence-corrected chi connectivity index (χ2v) is 8.14. The van der Waals surface area contributed by atoms with Crippen molar-refractivity contribution in [3.8, 4) is 0 Å². The Balaban J connectivity index is 1.92. The van der Waals surface area contributed by atoms with Crippen LogP contribution in [0.25, 0.3) is 0 Å². The number of aromatic nitrogens is 1. The van der Waals surface area contributed by atoms with Crippen molar-refractivity contribution in [1.29, 1.82) is 0 Å². The smallest absolute Gasteiger partial charge is 0.252 e. The standard InChI is InChI=1S/C11H18ClN3O2S2/c1-3-15(9-4-5-9)7-6-13-19(16,17)10-8(2)14-11(12)18-10/h9,13H,3-7H2,1-2H3. The number of sulfonamides is 1. The number of likely N-dealkylation sites (N-methyl/N-ethyl adjacent to an activating group) is 1. The number of rotatable bonds is 7. The Morgan fingerprint density at radius 3 is 2.68 bits per heavy atom. The Labute approximate surface area is 123 Å². The molecule has 0 radical (unpaired) electrons. The average Bonchev–Trinajstić information content (AvgIpc) is 3.10. The Morgan fingerprint density at radius 1 is 1.53 bits per heavy atom. The SMILES string of the molecule is CCN(CCNS(=O)(=O)c1sc(Cl)nc1C)C1CC1. The second kappa shape index (κ2) is 6.05. The van der Waals surface area contributed by atoms with E-state index in [0.717, 1.165) is 24.4 Å². The molecule has 0 aliphatic heterocycles. The molecule has 1 N–H and O–H groups in total. The highest BCUT2D eigenvalue weighted by molar-refractivity contribution is 7.91. The number of nitrogens with zero attached hydrogens (tertiary/aromatic N) is 2. The molecule has 0 spiro atoms. The number of thiazole rings is 1. The predicted octanol–water partition coefficient (Wildman–Crippen LogP) is 1.87. The monoisotopic (exact) mass is 323 g/mol. The maximum Gasteiger partial charge on any atom is 0.252 e. The molecular weight excluding hydrogens is 306 g/mol. The quantitative estimate of drug-likeness (QED) is 0.832. The summed E-state index contributed by atoms with van der Waals surface area (Å²) in [5, 5.41) is 0. The molecule has 8 heteroatoms.